The predicted molar refractivity (Wildman–Crippen MR) is 67.1 cm³/mol. The zero-order valence-electron chi connectivity index (χ0n) is 11.2. The van der Waals surface area contributed by atoms with Crippen LogP contribution in [0, 0.1) is 17.3 Å². The van der Waals surface area contributed by atoms with E-state index in [1.54, 1.807) is 6.92 Å². The maximum atomic E-state index is 12.1. The molecule has 0 aromatic rings. The molecule has 0 saturated heterocycles. The number of rotatable bonds is 5. The Morgan fingerprint density at radius 1 is 1.19 bits per heavy atom. The monoisotopic (exact) mass is 248 g/mol. The van der Waals surface area contributed by atoms with Crippen LogP contribution in [0.5, 0.6) is 0 Å². The van der Waals surface area contributed by atoms with Crippen molar-refractivity contribution in [1.82, 2.24) is 0 Å². The van der Waals surface area contributed by atoms with Gasteiger partial charge >= 0.3 is 0 Å². The summed E-state index contributed by atoms with van der Waals surface area (Å²) in [6.07, 6.45) is 0. The van der Waals surface area contributed by atoms with Gasteiger partial charge in [-0.25, -0.2) is 8.42 Å². The van der Waals surface area contributed by atoms with Gasteiger partial charge in [-0.1, -0.05) is 41.5 Å². The fourth-order valence-corrected chi connectivity index (χ4v) is 2.84. The van der Waals surface area contributed by atoms with E-state index in [9.17, 15) is 13.2 Å². The normalized spacial score (nSPS) is 15.2. The summed E-state index contributed by atoms with van der Waals surface area (Å²) in [5.41, 5.74) is -0.474. The van der Waals surface area contributed by atoms with Crippen LogP contribution in [0.2, 0.25) is 0 Å². The largest absolute Gasteiger partial charge is 0.299 e. The highest BCUT2D eigenvalue weighted by atomic mass is 32.2. The molecule has 96 valence electrons. The molecule has 1 atom stereocenters. The van der Waals surface area contributed by atoms with Gasteiger partial charge in [0.2, 0.25) is 0 Å². The molecule has 0 rings (SSSR count). The van der Waals surface area contributed by atoms with Crippen LogP contribution in [0.25, 0.3) is 0 Å². The number of hydrogen-bond donors (Lipinski definition) is 0. The zero-order valence-corrected chi connectivity index (χ0v) is 12.0. The molecule has 4 heteroatoms. The van der Waals surface area contributed by atoms with Gasteiger partial charge in [0.1, 0.15) is 5.78 Å². The number of Topliss-reactive ketones (excluding diaryl/α,β-unsaturated/α-hetero) is 1. The van der Waals surface area contributed by atoms with E-state index >= 15 is 0 Å². The molecule has 0 saturated carbocycles. The summed E-state index contributed by atoms with van der Waals surface area (Å²) < 4.78 is 23.2. The van der Waals surface area contributed by atoms with Gasteiger partial charge in [0, 0.05) is 17.1 Å². The molecular weight excluding hydrogens is 224 g/mol. The van der Waals surface area contributed by atoms with Crippen LogP contribution >= 0.6 is 0 Å². The first kappa shape index (κ1) is 15.6. The van der Waals surface area contributed by atoms with Gasteiger partial charge in [0.25, 0.3) is 0 Å². The van der Waals surface area contributed by atoms with Crippen LogP contribution in [0.1, 0.15) is 41.5 Å². The van der Waals surface area contributed by atoms with Gasteiger partial charge in [0.15, 0.2) is 9.84 Å². The summed E-state index contributed by atoms with van der Waals surface area (Å²) >= 11 is 0. The number of sulfone groups is 1. The lowest BCUT2D eigenvalue weighted by molar-refractivity contribution is -0.131. The predicted octanol–water partition coefficient (Wildman–Crippen LogP) is 2.31. The molecule has 0 bridgehead atoms. The molecule has 0 radical (unpaired) electrons. The highest BCUT2D eigenvalue weighted by Gasteiger charge is 2.34. The molecule has 0 N–H and O–H groups in total. The minimum Gasteiger partial charge on any atom is -0.299 e. The van der Waals surface area contributed by atoms with Crippen LogP contribution in [0.4, 0.5) is 0 Å². The van der Waals surface area contributed by atoms with E-state index in [4.69, 9.17) is 0 Å². The lowest BCUT2D eigenvalue weighted by atomic mass is 9.79. The highest BCUT2D eigenvalue weighted by Crippen LogP contribution is 2.26. The van der Waals surface area contributed by atoms with Crippen LogP contribution in [-0.2, 0) is 14.6 Å². The van der Waals surface area contributed by atoms with Crippen molar-refractivity contribution in [3.05, 3.63) is 0 Å². The van der Waals surface area contributed by atoms with E-state index in [1.807, 2.05) is 34.6 Å². The maximum Gasteiger partial charge on any atom is 0.150 e. The summed E-state index contributed by atoms with van der Waals surface area (Å²) in [5, 5.41) is 0. The summed E-state index contributed by atoms with van der Waals surface area (Å²) in [4.78, 5) is 12.1. The molecule has 0 heterocycles. The lowest BCUT2D eigenvalue weighted by Crippen LogP contribution is -2.36. The van der Waals surface area contributed by atoms with Gasteiger partial charge in [-0.2, -0.15) is 0 Å². The third-order valence-electron chi connectivity index (χ3n) is 2.75. The quantitative estimate of drug-likeness (QED) is 0.750. The molecule has 0 aromatic heterocycles. The van der Waals surface area contributed by atoms with Crippen molar-refractivity contribution >= 4 is 15.6 Å². The first-order chi connectivity index (χ1) is 7.01. The SMILES string of the molecule is CCS(=O)(=O)CC(C(=O)C(C)(C)C)C(C)C. The average Bonchev–Trinajstić information content (AvgIpc) is 2.11. The number of hydrogen-bond acceptors (Lipinski definition) is 3. The second-order valence-corrected chi connectivity index (χ2v) is 8.06. The van der Waals surface area contributed by atoms with E-state index in [2.05, 4.69) is 0 Å². The minimum absolute atomic E-state index is 0.0166. The van der Waals surface area contributed by atoms with Gasteiger partial charge in [-0.15, -0.1) is 0 Å². The van der Waals surface area contributed by atoms with Crippen LogP contribution in [-0.4, -0.2) is 25.7 Å². The van der Waals surface area contributed by atoms with E-state index in [0.29, 0.717) is 0 Å². The van der Waals surface area contributed by atoms with Gasteiger partial charge < -0.3 is 0 Å². The summed E-state index contributed by atoms with van der Waals surface area (Å²) in [6.45, 7) is 10.9. The van der Waals surface area contributed by atoms with Crippen molar-refractivity contribution in [1.29, 1.82) is 0 Å². The fourth-order valence-electron chi connectivity index (χ4n) is 1.52. The fraction of sp³-hybridized carbons (Fsp3) is 0.917. The van der Waals surface area contributed by atoms with Crippen molar-refractivity contribution in [3.63, 3.8) is 0 Å². The second-order valence-electron chi connectivity index (χ2n) is 5.66. The van der Waals surface area contributed by atoms with Gasteiger partial charge in [-0.3, -0.25) is 4.79 Å². The molecule has 0 fully saturated rings. The van der Waals surface area contributed by atoms with Crippen molar-refractivity contribution in [3.8, 4) is 0 Å². The van der Waals surface area contributed by atoms with Crippen molar-refractivity contribution < 1.29 is 13.2 Å². The van der Waals surface area contributed by atoms with Crippen molar-refractivity contribution in [2.75, 3.05) is 11.5 Å². The van der Waals surface area contributed by atoms with Crippen molar-refractivity contribution in [2.45, 2.75) is 41.5 Å². The van der Waals surface area contributed by atoms with Gasteiger partial charge in [-0.05, 0) is 5.92 Å². The molecule has 1 unspecified atom stereocenters. The Morgan fingerprint density at radius 2 is 1.62 bits per heavy atom. The summed E-state index contributed by atoms with van der Waals surface area (Å²) in [5.74, 6) is -0.192. The Balaban J connectivity index is 4.99. The first-order valence-electron chi connectivity index (χ1n) is 5.76. The van der Waals surface area contributed by atoms with Crippen LogP contribution < -0.4 is 0 Å². The van der Waals surface area contributed by atoms with Crippen LogP contribution in [0.15, 0.2) is 0 Å². The van der Waals surface area contributed by atoms with Crippen LogP contribution in [0.3, 0.4) is 0 Å². The first-order valence-corrected chi connectivity index (χ1v) is 7.58. The highest BCUT2D eigenvalue weighted by molar-refractivity contribution is 7.91. The van der Waals surface area contributed by atoms with E-state index < -0.39 is 15.3 Å². The zero-order chi connectivity index (χ0) is 13.1. The molecule has 0 aliphatic rings. The molecule has 0 aromatic carbocycles. The van der Waals surface area contributed by atoms with Crippen molar-refractivity contribution in [2.24, 2.45) is 17.3 Å². The maximum absolute atomic E-state index is 12.1. The van der Waals surface area contributed by atoms with E-state index in [0.717, 1.165) is 0 Å². The Hall–Kier alpha value is -0.380. The number of carbonyl (C=O) groups is 1. The standard InChI is InChI=1S/C12H24O3S/c1-7-16(14,15)8-10(9(2)3)11(13)12(4,5)6/h9-10H,7-8H2,1-6H3. The topological polar surface area (TPSA) is 51.2 Å². The Labute approximate surface area is 99.5 Å². The summed E-state index contributed by atoms with van der Waals surface area (Å²) in [6, 6.07) is 0. The molecule has 0 spiro atoms. The minimum atomic E-state index is -3.09. The molecular formula is C12H24O3S. The Morgan fingerprint density at radius 3 is 1.88 bits per heavy atom. The summed E-state index contributed by atoms with van der Waals surface area (Å²) in [7, 11) is -3.09. The Kier molecular flexibility index (Phi) is 5.17. The molecule has 0 aliphatic heterocycles. The van der Waals surface area contributed by atoms with E-state index in [1.165, 1.54) is 0 Å². The molecule has 0 aliphatic carbocycles. The average molecular weight is 248 g/mol. The molecule has 16 heavy (non-hydrogen) atoms. The van der Waals surface area contributed by atoms with Gasteiger partial charge in [0.05, 0.1) is 5.75 Å². The third kappa shape index (κ3) is 4.64. The number of ketones is 1. The number of carbonyl (C=O) groups excluding carboxylic acids is 1. The Bertz CT molecular complexity index is 334. The third-order valence-corrected chi connectivity index (χ3v) is 4.50. The smallest absolute Gasteiger partial charge is 0.150 e. The van der Waals surface area contributed by atoms with E-state index in [-0.39, 0.29) is 29.1 Å². The molecule has 0 amide bonds. The lowest BCUT2D eigenvalue weighted by Gasteiger charge is -2.27. The second kappa shape index (κ2) is 5.30. The molecule has 3 nitrogen and oxygen atoms in total.